The standard InChI is InChI=1S/C13H24N2O2/c1-3-4-5-6-7-8-10(2)12(16)15-11-9-14-13(11)17/h10-11H,3-9H2,1-2H3,(H,14,17)(H,15,16)/t10-,11?/m1/s1. The van der Waals surface area contributed by atoms with E-state index in [0.717, 1.165) is 12.8 Å². The SMILES string of the molecule is CCCCCCC[C@@H](C)C(=O)NC1CNC1=O. The van der Waals surface area contributed by atoms with E-state index in [1.54, 1.807) is 0 Å². The number of nitrogens with one attached hydrogen (secondary N) is 2. The van der Waals surface area contributed by atoms with Gasteiger partial charge in [-0.3, -0.25) is 9.59 Å². The summed E-state index contributed by atoms with van der Waals surface area (Å²) in [6.45, 7) is 4.71. The molecule has 0 bridgehead atoms. The predicted octanol–water partition coefficient (Wildman–Crippen LogP) is 1.60. The Kier molecular flexibility index (Phi) is 6.01. The smallest absolute Gasteiger partial charge is 0.244 e. The van der Waals surface area contributed by atoms with Crippen LogP contribution in [0.1, 0.15) is 52.4 Å². The predicted molar refractivity (Wildman–Crippen MR) is 67.5 cm³/mol. The molecule has 1 fully saturated rings. The van der Waals surface area contributed by atoms with Crippen LogP contribution in [0.5, 0.6) is 0 Å². The van der Waals surface area contributed by atoms with Gasteiger partial charge in [0.15, 0.2) is 0 Å². The molecular weight excluding hydrogens is 216 g/mol. The first-order valence-corrected chi connectivity index (χ1v) is 6.73. The first kappa shape index (κ1) is 14.0. The third-order valence-electron chi connectivity index (χ3n) is 3.30. The summed E-state index contributed by atoms with van der Waals surface area (Å²) in [4.78, 5) is 22.7. The van der Waals surface area contributed by atoms with Gasteiger partial charge < -0.3 is 10.6 Å². The summed E-state index contributed by atoms with van der Waals surface area (Å²) >= 11 is 0. The molecule has 0 aromatic heterocycles. The molecule has 0 spiro atoms. The second-order valence-corrected chi connectivity index (χ2v) is 4.91. The molecule has 2 atom stereocenters. The Morgan fingerprint density at radius 2 is 2.12 bits per heavy atom. The lowest BCUT2D eigenvalue weighted by atomic mass is 10.0. The van der Waals surface area contributed by atoms with E-state index in [4.69, 9.17) is 0 Å². The molecule has 2 N–H and O–H groups in total. The fourth-order valence-electron chi connectivity index (χ4n) is 1.90. The van der Waals surface area contributed by atoms with Crippen molar-refractivity contribution in [2.75, 3.05) is 6.54 Å². The van der Waals surface area contributed by atoms with Crippen LogP contribution in [-0.4, -0.2) is 24.4 Å². The lowest BCUT2D eigenvalue weighted by molar-refractivity contribution is -0.134. The Labute approximate surface area is 104 Å². The Balaban J connectivity index is 2.07. The van der Waals surface area contributed by atoms with Gasteiger partial charge in [0, 0.05) is 12.5 Å². The summed E-state index contributed by atoms with van der Waals surface area (Å²) in [6.07, 6.45) is 7.01. The zero-order chi connectivity index (χ0) is 12.7. The van der Waals surface area contributed by atoms with Crippen molar-refractivity contribution < 1.29 is 9.59 Å². The molecule has 0 aromatic carbocycles. The van der Waals surface area contributed by atoms with Crippen LogP contribution in [-0.2, 0) is 9.59 Å². The molecule has 0 aliphatic carbocycles. The van der Waals surface area contributed by atoms with Crippen LogP contribution in [0.15, 0.2) is 0 Å². The van der Waals surface area contributed by atoms with E-state index >= 15 is 0 Å². The van der Waals surface area contributed by atoms with Crippen molar-refractivity contribution in [3.8, 4) is 0 Å². The largest absolute Gasteiger partial charge is 0.352 e. The third kappa shape index (κ3) is 4.75. The molecular formula is C13H24N2O2. The van der Waals surface area contributed by atoms with E-state index in [2.05, 4.69) is 17.6 Å². The van der Waals surface area contributed by atoms with Gasteiger partial charge in [0.2, 0.25) is 11.8 Å². The molecule has 1 aliphatic rings. The summed E-state index contributed by atoms with van der Waals surface area (Å²) in [6, 6.07) is -0.287. The molecule has 98 valence electrons. The van der Waals surface area contributed by atoms with Crippen molar-refractivity contribution in [2.45, 2.75) is 58.4 Å². The number of unbranched alkanes of at least 4 members (excludes halogenated alkanes) is 4. The highest BCUT2D eigenvalue weighted by Gasteiger charge is 2.29. The van der Waals surface area contributed by atoms with Gasteiger partial charge in [-0.05, 0) is 6.42 Å². The molecule has 17 heavy (non-hydrogen) atoms. The van der Waals surface area contributed by atoms with Crippen LogP contribution in [0.4, 0.5) is 0 Å². The van der Waals surface area contributed by atoms with Crippen LogP contribution in [0.2, 0.25) is 0 Å². The minimum absolute atomic E-state index is 0.0142. The van der Waals surface area contributed by atoms with Crippen molar-refractivity contribution in [1.29, 1.82) is 0 Å². The number of amides is 2. The maximum absolute atomic E-state index is 11.7. The summed E-state index contributed by atoms with van der Waals surface area (Å²) in [5, 5.41) is 5.38. The van der Waals surface area contributed by atoms with Crippen molar-refractivity contribution in [2.24, 2.45) is 5.92 Å². The molecule has 0 radical (unpaired) electrons. The van der Waals surface area contributed by atoms with Gasteiger partial charge in [-0.1, -0.05) is 46.0 Å². The number of β-lactam (4-membered cyclic amide) rings is 1. The highest BCUT2D eigenvalue weighted by Crippen LogP contribution is 2.12. The molecule has 1 rings (SSSR count). The quantitative estimate of drug-likeness (QED) is 0.500. The number of hydrogen-bond donors (Lipinski definition) is 2. The Hall–Kier alpha value is -1.06. The summed E-state index contributed by atoms with van der Waals surface area (Å²) in [5.41, 5.74) is 0. The zero-order valence-corrected chi connectivity index (χ0v) is 10.9. The second-order valence-electron chi connectivity index (χ2n) is 4.91. The number of carbonyl (C=O) groups is 2. The monoisotopic (exact) mass is 240 g/mol. The van der Waals surface area contributed by atoms with Crippen LogP contribution in [0.25, 0.3) is 0 Å². The summed E-state index contributed by atoms with van der Waals surface area (Å²) in [5.74, 6) is -0.0288. The van der Waals surface area contributed by atoms with Crippen LogP contribution in [0.3, 0.4) is 0 Å². The number of carbonyl (C=O) groups excluding carboxylic acids is 2. The molecule has 1 unspecified atom stereocenters. The molecule has 0 aromatic rings. The highest BCUT2D eigenvalue weighted by atomic mass is 16.2. The Morgan fingerprint density at radius 3 is 2.65 bits per heavy atom. The lowest BCUT2D eigenvalue weighted by Crippen LogP contribution is -2.62. The van der Waals surface area contributed by atoms with E-state index in [0.29, 0.717) is 6.54 Å². The maximum atomic E-state index is 11.7. The third-order valence-corrected chi connectivity index (χ3v) is 3.30. The molecule has 0 saturated carbocycles. The minimum atomic E-state index is -0.287. The normalized spacial score (nSPS) is 20.4. The van der Waals surface area contributed by atoms with Gasteiger partial charge in [-0.25, -0.2) is 0 Å². The van der Waals surface area contributed by atoms with E-state index < -0.39 is 0 Å². The average molecular weight is 240 g/mol. The van der Waals surface area contributed by atoms with E-state index in [1.165, 1.54) is 25.7 Å². The van der Waals surface area contributed by atoms with Gasteiger partial charge >= 0.3 is 0 Å². The average Bonchev–Trinajstić information content (AvgIpc) is 2.33. The topological polar surface area (TPSA) is 58.2 Å². The number of hydrogen-bond acceptors (Lipinski definition) is 2. The van der Waals surface area contributed by atoms with Gasteiger partial charge in [-0.15, -0.1) is 0 Å². The van der Waals surface area contributed by atoms with Crippen LogP contribution < -0.4 is 10.6 Å². The van der Waals surface area contributed by atoms with Crippen LogP contribution in [0, 0.1) is 5.92 Å². The Bertz CT molecular complexity index is 266. The summed E-state index contributed by atoms with van der Waals surface area (Å²) in [7, 11) is 0. The number of rotatable bonds is 8. The van der Waals surface area contributed by atoms with Crippen LogP contribution >= 0.6 is 0 Å². The first-order valence-electron chi connectivity index (χ1n) is 6.73. The van der Waals surface area contributed by atoms with Crippen molar-refractivity contribution in [3.05, 3.63) is 0 Å². The first-order chi connectivity index (χ1) is 8.15. The van der Waals surface area contributed by atoms with E-state index in [-0.39, 0.29) is 23.8 Å². The second kappa shape index (κ2) is 7.30. The van der Waals surface area contributed by atoms with E-state index in [9.17, 15) is 9.59 Å². The molecule has 4 nitrogen and oxygen atoms in total. The highest BCUT2D eigenvalue weighted by molar-refractivity contribution is 5.92. The van der Waals surface area contributed by atoms with Crippen molar-refractivity contribution in [1.82, 2.24) is 10.6 Å². The molecule has 2 amide bonds. The van der Waals surface area contributed by atoms with Gasteiger partial charge in [0.05, 0.1) is 0 Å². The minimum Gasteiger partial charge on any atom is -0.352 e. The van der Waals surface area contributed by atoms with Gasteiger partial charge in [0.1, 0.15) is 6.04 Å². The fraction of sp³-hybridized carbons (Fsp3) is 0.846. The van der Waals surface area contributed by atoms with Crippen molar-refractivity contribution >= 4 is 11.8 Å². The maximum Gasteiger partial charge on any atom is 0.244 e. The van der Waals surface area contributed by atoms with Gasteiger partial charge in [-0.2, -0.15) is 0 Å². The molecule has 1 saturated heterocycles. The molecule has 1 aliphatic heterocycles. The van der Waals surface area contributed by atoms with Gasteiger partial charge in [0.25, 0.3) is 0 Å². The fourth-order valence-corrected chi connectivity index (χ4v) is 1.90. The van der Waals surface area contributed by atoms with E-state index in [1.807, 2.05) is 6.92 Å². The zero-order valence-electron chi connectivity index (χ0n) is 10.9. The Morgan fingerprint density at radius 1 is 1.41 bits per heavy atom. The molecule has 4 heteroatoms. The lowest BCUT2D eigenvalue weighted by Gasteiger charge is -2.27. The summed E-state index contributed by atoms with van der Waals surface area (Å²) < 4.78 is 0. The van der Waals surface area contributed by atoms with Crippen molar-refractivity contribution in [3.63, 3.8) is 0 Å². The molecule has 1 heterocycles.